The van der Waals surface area contributed by atoms with Crippen LogP contribution in [0.5, 0.6) is 0 Å². The number of para-hydroxylation sites is 1. The third kappa shape index (κ3) is 2.30. The first-order valence-corrected chi connectivity index (χ1v) is 6.93. The van der Waals surface area contributed by atoms with Gasteiger partial charge in [0.1, 0.15) is 5.82 Å². The molecule has 0 atom stereocenters. The van der Waals surface area contributed by atoms with Crippen LogP contribution in [-0.4, -0.2) is 18.1 Å². The van der Waals surface area contributed by atoms with E-state index in [0.29, 0.717) is 12.0 Å². The molecule has 19 heavy (non-hydrogen) atoms. The highest BCUT2D eigenvalue weighted by molar-refractivity contribution is 5.81. The van der Waals surface area contributed by atoms with Crippen molar-refractivity contribution in [1.29, 1.82) is 0 Å². The fourth-order valence-corrected chi connectivity index (χ4v) is 2.87. The second-order valence-electron chi connectivity index (χ2n) is 6.20. The van der Waals surface area contributed by atoms with Crippen LogP contribution in [0.4, 0.5) is 5.82 Å². The number of nitrogens with zero attached hydrogens (tertiary/aromatic N) is 2. The number of anilines is 1. The minimum absolute atomic E-state index is 0.374. The fourth-order valence-electron chi connectivity index (χ4n) is 2.87. The number of pyridine rings is 1. The molecule has 2 aromatic rings. The molecule has 1 saturated heterocycles. The second-order valence-corrected chi connectivity index (χ2v) is 6.20. The Bertz CT molecular complexity index is 604. The third-order valence-electron chi connectivity index (χ3n) is 3.98. The summed E-state index contributed by atoms with van der Waals surface area (Å²) in [5, 5.41) is 1.17. The van der Waals surface area contributed by atoms with Crippen LogP contribution in [0.1, 0.15) is 25.8 Å². The summed E-state index contributed by atoms with van der Waals surface area (Å²) in [7, 11) is 0. The van der Waals surface area contributed by atoms with Crippen LogP contribution in [0, 0.1) is 5.41 Å². The maximum absolute atomic E-state index is 5.91. The lowest BCUT2D eigenvalue weighted by molar-refractivity contribution is 0.418. The molecular formula is C16H21N3. The summed E-state index contributed by atoms with van der Waals surface area (Å²) in [6.07, 6.45) is 1.21. The fraction of sp³-hybridized carbons (Fsp3) is 0.438. The molecule has 0 saturated carbocycles. The van der Waals surface area contributed by atoms with Gasteiger partial charge in [0, 0.05) is 30.6 Å². The Labute approximate surface area is 114 Å². The maximum atomic E-state index is 5.91. The Kier molecular flexibility index (Phi) is 2.94. The van der Waals surface area contributed by atoms with E-state index >= 15 is 0 Å². The number of nitrogens with two attached hydrogens (primary N) is 1. The van der Waals surface area contributed by atoms with E-state index in [0.717, 1.165) is 30.0 Å². The van der Waals surface area contributed by atoms with Crippen LogP contribution >= 0.6 is 0 Å². The van der Waals surface area contributed by atoms with Crippen LogP contribution in [-0.2, 0) is 6.54 Å². The lowest BCUT2D eigenvalue weighted by atomic mass is 9.93. The largest absolute Gasteiger partial charge is 0.356 e. The highest BCUT2D eigenvalue weighted by atomic mass is 15.2. The number of benzene rings is 1. The monoisotopic (exact) mass is 255 g/mol. The van der Waals surface area contributed by atoms with Gasteiger partial charge in [0.15, 0.2) is 0 Å². The summed E-state index contributed by atoms with van der Waals surface area (Å²) in [5.74, 6) is 1.08. The molecule has 2 N–H and O–H groups in total. The molecule has 0 unspecified atom stereocenters. The number of fused-ring (bicyclic) bond motifs is 1. The van der Waals surface area contributed by atoms with E-state index < -0.39 is 0 Å². The average Bonchev–Trinajstić information content (AvgIpc) is 2.77. The third-order valence-corrected chi connectivity index (χ3v) is 3.98. The van der Waals surface area contributed by atoms with Crippen molar-refractivity contribution in [3.63, 3.8) is 0 Å². The molecule has 2 heterocycles. The second kappa shape index (κ2) is 4.49. The Morgan fingerprint density at radius 2 is 2.11 bits per heavy atom. The highest BCUT2D eigenvalue weighted by Gasteiger charge is 2.30. The quantitative estimate of drug-likeness (QED) is 0.897. The van der Waals surface area contributed by atoms with Gasteiger partial charge in [0.25, 0.3) is 0 Å². The van der Waals surface area contributed by atoms with Crippen LogP contribution in [0.3, 0.4) is 0 Å². The summed E-state index contributed by atoms with van der Waals surface area (Å²) in [4.78, 5) is 7.22. The van der Waals surface area contributed by atoms with Crippen LogP contribution in [0.15, 0.2) is 30.3 Å². The van der Waals surface area contributed by atoms with Gasteiger partial charge in [-0.1, -0.05) is 32.0 Å². The summed E-state index contributed by atoms with van der Waals surface area (Å²) >= 11 is 0. The Morgan fingerprint density at radius 3 is 2.79 bits per heavy atom. The van der Waals surface area contributed by atoms with Crippen LogP contribution in [0.2, 0.25) is 0 Å². The molecule has 1 aromatic carbocycles. The van der Waals surface area contributed by atoms with E-state index in [1.165, 1.54) is 11.8 Å². The first kappa shape index (κ1) is 12.4. The number of hydrogen-bond acceptors (Lipinski definition) is 3. The Balaban J connectivity index is 2.07. The smallest absolute Gasteiger partial charge is 0.133 e. The van der Waals surface area contributed by atoms with Crippen LogP contribution in [0.25, 0.3) is 10.9 Å². The number of rotatable bonds is 2. The predicted octanol–water partition coefficient (Wildman–Crippen LogP) is 2.93. The van der Waals surface area contributed by atoms with Crippen LogP contribution < -0.4 is 10.6 Å². The zero-order valence-electron chi connectivity index (χ0n) is 11.7. The SMILES string of the molecule is CC1(C)CCN(c2nc3ccccc3cc2CN)C1. The van der Waals surface area contributed by atoms with E-state index in [4.69, 9.17) is 10.7 Å². The minimum atomic E-state index is 0.374. The lowest BCUT2D eigenvalue weighted by Gasteiger charge is -2.23. The Hall–Kier alpha value is -1.61. The van der Waals surface area contributed by atoms with Gasteiger partial charge in [-0.05, 0) is 24.0 Å². The van der Waals surface area contributed by atoms with Gasteiger partial charge in [-0.25, -0.2) is 4.98 Å². The van der Waals surface area contributed by atoms with Crippen molar-refractivity contribution in [1.82, 2.24) is 4.98 Å². The molecule has 1 aliphatic heterocycles. The van der Waals surface area contributed by atoms with E-state index in [1.807, 2.05) is 12.1 Å². The van der Waals surface area contributed by atoms with Crippen molar-refractivity contribution < 1.29 is 0 Å². The van der Waals surface area contributed by atoms with Crippen molar-refractivity contribution >= 4 is 16.7 Å². The topological polar surface area (TPSA) is 42.2 Å². The minimum Gasteiger partial charge on any atom is -0.356 e. The molecule has 1 aromatic heterocycles. The molecule has 0 aliphatic carbocycles. The normalized spacial score (nSPS) is 18.2. The van der Waals surface area contributed by atoms with Gasteiger partial charge in [0.2, 0.25) is 0 Å². The molecule has 1 aliphatic rings. The van der Waals surface area contributed by atoms with Crippen molar-refractivity contribution in [2.45, 2.75) is 26.8 Å². The summed E-state index contributed by atoms with van der Waals surface area (Å²) in [6.45, 7) is 7.31. The number of aromatic nitrogens is 1. The zero-order chi connectivity index (χ0) is 13.5. The molecule has 0 radical (unpaired) electrons. The van der Waals surface area contributed by atoms with Crippen molar-refractivity contribution in [3.8, 4) is 0 Å². The molecule has 0 bridgehead atoms. The molecular weight excluding hydrogens is 234 g/mol. The van der Waals surface area contributed by atoms with Gasteiger partial charge >= 0.3 is 0 Å². The molecule has 3 heteroatoms. The Morgan fingerprint density at radius 1 is 1.32 bits per heavy atom. The first-order valence-electron chi connectivity index (χ1n) is 6.93. The molecule has 100 valence electrons. The summed E-state index contributed by atoms with van der Waals surface area (Å²) < 4.78 is 0. The molecule has 3 rings (SSSR count). The summed E-state index contributed by atoms with van der Waals surface area (Å²) in [5.41, 5.74) is 8.49. The van der Waals surface area contributed by atoms with Gasteiger partial charge < -0.3 is 10.6 Å². The van der Waals surface area contributed by atoms with Crippen molar-refractivity contribution in [2.24, 2.45) is 11.1 Å². The predicted molar refractivity (Wildman–Crippen MR) is 80.2 cm³/mol. The first-order chi connectivity index (χ1) is 9.09. The lowest BCUT2D eigenvalue weighted by Crippen LogP contribution is -2.25. The highest BCUT2D eigenvalue weighted by Crippen LogP contribution is 2.34. The van der Waals surface area contributed by atoms with E-state index in [-0.39, 0.29) is 0 Å². The summed E-state index contributed by atoms with van der Waals surface area (Å²) in [6, 6.07) is 10.4. The molecule has 1 fully saturated rings. The molecule has 0 amide bonds. The zero-order valence-corrected chi connectivity index (χ0v) is 11.7. The van der Waals surface area contributed by atoms with E-state index in [1.54, 1.807) is 0 Å². The van der Waals surface area contributed by atoms with Gasteiger partial charge in [-0.15, -0.1) is 0 Å². The molecule has 0 spiro atoms. The molecule has 3 nitrogen and oxygen atoms in total. The average molecular weight is 255 g/mol. The van der Waals surface area contributed by atoms with Gasteiger partial charge in [0.05, 0.1) is 5.52 Å². The standard InChI is InChI=1S/C16H21N3/c1-16(2)7-8-19(11-16)15-13(10-17)9-12-5-3-4-6-14(12)18-15/h3-6,9H,7-8,10-11,17H2,1-2H3. The van der Waals surface area contributed by atoms with Gasteiger partial charge in [-0.2, -0.15) is 0 Å². The maximum Gasteiger partial charge on any atom is 0.133 e. The van der Waals surface area contributed by atoms with E-state index in [9.17, 15) is 0 Å². The van der Waals surface area contributed by atoms with Crippen molar-refractivity contribution in [3.05, 3.63) is 35.9 Å². The van der Waals surface area contributed by atoms with Crippen molar-refractivity contribution in [2.75, 3.05) is 18.0 Å². The van der Waals surface area contributed by atoms with E-state index in [2.05, 4.69) is 36.9 Å². The number of hydrogen-bond donors (Lipinski definition) is 1. The van der Waals surface area contributed by atoms with Gasteiger partial charge in [-0.3, -0.25) is 0 Å².